The third-order valence-electron chi connectivity index (χ3n) is 3.78. The van der Waals surface area contributed by atoms with Crippen molar-refractivity contribution in [2.75, 3.05) is 26.1 Å². The molecule has 0 fully saturated rings. The topological polar surface area (TPSA) is 12.5 Å². The Morgan fingerprint density at radius 2 is 1.52 bits per heavy atom. The van der Waals surface area contributed by atoms with Crippen molar-refractivity contribution in [3.63, 3.8) is 0 Å². The van der Waals surface area contributed by atoms with Gasteiger partial charge in [0.15, 0.2) is 0 Å². The summed E-state index contributed by atoms with van der Waals surface area (Å²) in [5.74, 6) is 0.909. The van der Waals surface area contributed by atoms with Gasteiger partial charge < -0.3 is 9.64 Å². The van der Waals surface area contributed by atoms with Gasteiger partial charge in [0.05, 0.1) is 7.11 Å². The van der Waals surface area contributed by atoms with Crippen molar-refractivity contribution >= 4 is 16.5 Å². The van der Waals surface area contributed by atoms with Gasteiger partial charge in [0.25, 0.3) is 0 Å². The minimum absolute atomic E-state index is 0.909. The minimum Gasteiger partial charge on any atom is -0.496 e. The van der Waals surface area contributed by atoms with Crippen LogP contribution in [0.15, 0.2) is 60.7 Å². The Morgan fingerprint density at radius 1 is 0.810 bits per heavy atom. The maximum atomic E-state index is 5.58. The summed E-state index contributed by atoms with van der Waals surface area (Å²) in [5.41, 5.74) is 3.52. The molecule has 21 heavy (non-hydrogen) atoms. The summed E-state index contributed by atoms with van der Waals surface area (Å²) in [6, 6.07) is 21.1. The molecule has 3 aromatic carbocycles. The first-order chi connectivity index (χ1) is 10.2. The zero-order chi connectivity index (χ0) is 14.8. The number of hydrogen-bond donors (Lipinski definition) is 0. The number of rotatable bonds is 3. The zero-order valence-electron chi connectivity index (χ0n) is 12.6. The lowest BCUT2D eigenvalue weighted by Crippen LogP contribution is -2.07. The van der Waals surface area contributed by atoms with Crippen LogP contribution in [0.2, 0.25) is 0 Å². The predicted molar refractivity (Wildman–Crippen MR) is 90.3 cm³/mol. The van der Waals surface area contributed by atoms with E-state index in [0.717, 1.165) is 11.3 Å². The molecule has 0 unspecified atom stereocenters. The summed E-state index contributed by atoms with van der Waals surface area (Å²) in [7, 11) is 5.82. The number of nitrogens with zero attached hydrogens (tertiary/aromatic N) is 1. The number of benzene rings is 3. The molecule has 3 rings (SSSR count). The molecule has 2 nitrogen and oxygen atoms in total. The smallest absolute Gasteiger partial charge is 0.127 e. The zero-order valence-corrected chi connectivity index (χ0v) is 12.6. The van der Waals surface area contributed by atoms with Crippen LogP contribution in [-0.2, 0) is 0 Å². The van der Waals surface area contributed by atoms with Crippen LogP contribution in [0, 0.1) is 0 Å². The molecular formula is C19H19NO. The molecule has 0 N–H and O–H groups in total. The standard InChI is InChI=1S/C19H19NO/c1-20(2)16-11-8-15(9-12-16)19-17-7-5-4-6-14(17)10-13-18(19)21-3/h4-13H,1-3H3. The van der Waals surface area contributed by atoms with E-state index in [1.807, 2.05) is 20.2 Å². The van der Waals surface area contributed by atoms with Crippen molar-refractivity contribution in [1.82, 2.24) is 0 Å². The number of hydrogen-bond acceptors (Lipinski definition) is 2. The molecule has 0 saturated carbocycles. The van der Waals surface area contributed by atoms with Crippen molar-refractivity contribution in [3.05, 3.63) is 60.7 Å². The first kappa shape index (κ1) is 13.5. The van der Waals surface area contributed by atoms with E-state index < -0.39 is 0 Å². The van der Waals surface area contributed by atoms with Crippen molar-refractivity contribution < 1.29 is 4.74 Å². The molecule has 0 aliphatic rings. The fourth-order valence-electron chi connectivity index (χ4n) is 2.65. The predicted octanol–water partition coefficient (Wildman–Crippen LogP) is 4.58. The van der Waals surface area contributed by atoms with Gasteiger partial charge in [-0.3, -0.25) is 0 Å². The highest BCUT2D eigenvalue weighted by Gasteiger charge is 2.10. The molecule has 0 saturated heterocycles. The summed E-state index contributed by atoms with van der Waals surface area (Å²) >= 11 is 0. The molecule has 0 aromatic heterocycles. The van der Waals surface area contributed by atoms with Gasteiger partial charge in [-0.15, -0.1) is 0 Å². The molecular weight excluding hydrogens is 258 g/mol. The maximum Gasteiger partial charge on any atom is 0.127 e. The van der Waals surface area contributed by atoms with Crippen molar-refractivity contribution in [3.8, 4) is 16.9 Å². The molecule has 0 aliphatic carbocycles. The summed E-state index contributed by atoms with van der Waals surface area (Å²) in [6.07, 6.45) is 0. The Labute approximate surface area is 125 Å². The second-order valence-corrected chi connectivity index (χ2v) is 5.31. The number of anilines is 1. The third-order valence-corrected chi connectivity index (χ3v) is 3.78. The lowest BCUT2D eigenvalue weighted by molar-refractivity contribution is 0.417. The lowest BCUT2D eigenvalue weighted by Gasteiger charge is -2.15. The van der Waals surface area contributed by atoms with E-state index in [1.165, 1.54) is 22.0 Å². The fourth-order valence-corrected chi connectivity index (χ4v) is 2.65. The molecule has 0 bridgehead atoms. The molecule has 0 heterocycles. The van der Waals surface area contributed by atoms with Gasteiger partial charge in [0.2, 0.25) is 0 Å². The van der Waals surface area contributed by atoms with Gasteiger partial charge in [-0.2, -0.15) is 0 Å². The maximum absolute atomic E-state index is 5.58. The van der Waals surface area contributed by atoms with Gasteiger partial charge in [0, 0.05) is 25.3 Å². The Bertz CT molecular complexity index is 760. The SMILES string of the molecule is COc1ccc2ccccc2c1-c1ccc(N(C)C)cc1. The molecule has 0 aliphatic heterocycles. The summed E-state index contributed by atoms with van der Waals surface area (Å²) in [5, 5.41) is 2.44. The van der Waals surface area contributed by atoms with E-state index in [-0.39, 0.29) is 0 Å². The Morgan fingerprint density at radius 3 is 2.19 bits per heavy atom. The molecule has 0 radical (unpaired) electrons. The highest BCUT2D eigenvalue weighted by molar-refractivity contribution is 5.99. The lowest BCUT2D eigenvalue weighted by atomic mass is 9.97. The van der Waals surface area contributed by atoms with Crippen LogP contribution in [0.4, 0.5) is 5.69 Å². The van der Waals surface area contributed by atoms with E-state index in [0.29, 0.717) is 0 Å². The van der Waals surface area contributed by atoms with E-state index in [2.05, 4.69) is 59.5 Å². The van der Waals surface area contributed by atoms with Crippen LogP contribution in [-0.4, -0.2) is 21.2 Å². The van der Waals surface area contributed by atoms with Crippen molar-refractivity contribution in [2.45, 2.75) is 0 Å². The summed E-state index contributed by atoms with van der Waals surface area (Å²) < 4.78 is 5.58. The number of ether oxygens (including phenoxy) is 1. The van der Waals surface area contributed by atoms with Gasteiger partial charge in [-0.05, 0) is 34.5 Å². The number of fused-ring (bicyclic) bond motifs is 1. The van der Waals surface area contributed by atoms with Crippen molar-refractivity contribution in [2.24, 2.45) is 0 Å². The Kier molecular flexibility index (Phi) is 3.53. The van der Waals surface area contributed by atoms with Crippen LogP contribution >= 0.6 is 0 Å². The van der Waals surface area contributed by atoms with E-state index in [9.17, 15) is 0 Å². The largest absolute Gasteiger partial charge is 0.496 e. The van der Waals surface area contributed by atoms with Crippen LogP contribution in [0.25, 0.3) is 21.9 Å². The van der Waals surface area contributed by atoms with E-state index >= 15 is 0 Å². The van der Waals surface area contributed by atoms with Crippen LogP contribution in [0.1, 0.15) is 0 Å². The normalized spacial score (nSPS) is 10.6. The quantitative estimate of drug-likeness (QED) is 0.694. The van der Waals surface area contributed by atoms with Gasteiger partial charge in [0.1, 0.15) is 5.75 Å². The molecule has 2 heteroatoms. The van der Waals surface area contributed by atoms with Crippen molar-refractivity contribution in [1.29, 1.82) is 0 Å². The Hall–Kier alpha value is -2.48. The van der Waals surface area contributed by atoms with Crippen LogP contribution < -0.4 is 9.64 Å². The summed E-state index contributed by atoms with van der Waals surface area (Å²) in [4.78, 5) is 2.10. The highest BCUT2D eigenvalue weighted by Crippen LogP contribution is 2.37. The van der Waals surface area contributed by atoms with Gasteiger partial charge in [-0.1, -0.05) is 42.5 Å². The van der Waals surface area contributed by atoms with E-state index in [1.54, 1.807) is 7.11 Å². The molecule has 0 spiro atoms. The van der Waals surface area contributed by atoms with Crippen LogP contribution in [0.3, 0.4) is 0 Å². The minimum atomic E-state index is 0.909. The monoisotopic (exact) mass is 277 g/mol. The highest BCUT2D eigenvalue weighted by atomic mass is 16.5. The molecule has 0 atom stereocenters. The number of methoxy groups -OCH3 is 1. The first-order valence-corrected chi connectivity index (χ1v) is 7.04. The van der Waals surface area contributed by atoms with Gasteiger partial charge >= 0.3 is 0 Å². The van der Waals surface area contributed by atoms with E-state index in [4.69, 9.17) is 4.74 Å². The Balaban J connectivity index is 2.22. The third kappa shape index (κ3) is 2.45. The van der Waals surface area contributed by atoms with Gasteiger partial charge in [-0.25, -0.2) is 0 Å². The average molecular weight is 277 g/mol. The van der Waals surface area contributed by atoms with Crippen LogP contribution in [0.5, 0.6) is 5.75 Å². The average Bonchev–Trinajstić information content (AvgIpc) is 2.53. The second-order valence-electron chi connectivity index (χ2n) is 5.31. The molecule has 106 valence electrons. The second kappa shape index (κ2) is 5.49. The first-order valence-electron chi connectivity index (χ1n) is 7.04. The fraction of sp³-hybridized carbons (Fsp3) is 0.158. The molecule has 0 amide bonds. The molecule has 3 aromatic rings. The summed E-state index contributed by atoms with van der Waals surface area (Å²) in [6.45, 7) is 0.